The topological polar surface area (TPSA) is 21.3 Å². The third-order valence-electron chi connectivity index (χ3n) is 3.94. The van der Waals surface area contributed by atoms with E-state index in [1.807, 2.05) is 0 Å². The maximum atomic E-state index is 5.94. The first-order chi connectivity index (χ1) is 8.19. The van der Waals surface area contributed by atoms with E-state index in [1.165, 1.54) is 32.1 Å². The average molecular weight is 241 g/mol. The second-order valence-electron chi connectivity index (χ2n) is 5.79. The molecule has 0 aromatic rings. The predicted octanol–water partition coefficient (Wildman–Crippen LogP) is 3.61. The van der Waals surface area contributed by atoms with Crippen molar-refractivity contribution in [3.63, 3.8) is 0 Å². The molecule has 1 N–H and O–H groups in total. The molecular weight excluding hydrogens is 210 g/mol. The summed E-state index contributed by atoms with van der Waals surface area (Å²) in [5.41, 5.74) is 0. The lowest BCUT2D eigenvalue weighted by molar-refractivity contribution is 0.0530. The lowest BCUT2D eigenvalue weighted by Crippen LogP contribution is -2.43. The normalized spacial score (nSPS) is 28.2. The van der Waals surface area contributed by atoms with Crippen molar-refractivity contribution in [2.24, 2.45) is 11.8 Å². The summed E-state index contributed by atoms with van der Waals surface area (Å²) < 4.78 is 5.94. The molecule has 0 bridgehead atoms. The molecule has 1 aliphatic heterocycles. The molecule has 0 radical (unpaired) electrons. The van der Waals surface area contributed by atoms with Crippen molar-refractivity contribution in [3.05, 3.63) is 0 Å². The zero-order valence-electron chi connectivity index (χ0n) is 12.2. The molecule has 4 atom stereocenters. The Bertz CT molecular complexity index is 195. The molecule has 4 unspecified atom stereocenters. The summed E-state index contributed by atoms with van der Waals surface area (Å²) in [5.74, 6) is 1.53. The molecule has 1 heterocycles. The first-order valence-electron chi connectivity index (χ1n) is 7.54. The average Bonchev–Trinajstić information content (AvgIpc) is 2.71. The van der Waals surface area contributed by atoms with E-state index in [1.54, 1.807) is 0 Å². The Morgan fingerprint density at radius 2 is 2.06 bits per heavy atom. The van der Waals surface area contributed by atoms with Gasteiger partial charge in [0.2, 0.25) is 0 Å². The van der Waals surface area contributed by atoms with Gasteiger partial charge in [-0.15, -0.1) is 0 Å². The number of ether oxygens (including phenoxy) is 1. The number of hydrogen-bond donors (Lipinski definition) is 1. The number of hydrogen-bond acceptors (Lipinski definition) is 2. The quantitative estimate of drug-likeness (QED) is 0.701. The summed E-state index contributed by atoms with van der Waals surface area (Å²) in [6.07, 6.45) is 6.79. The fourth-order valence-corrected chi connectivity index (χ4v) is 2.94. The van der Waals surface area contributed by atoms with Crippen LogP contribution < -0.4 is 5.32 Å². The maximum Gasteiger partial charge on any atom is 0.0754 e. The first kappa shape index (κ1) is 15.0. The second-order valence-corrected chi connectivity index (χ2v) is 5.79. The van der Waals surface area contributed by atoms with Crippen LogP contribution >= 0.6 is 0 Å². The summed E-state index contributed by atoms with van der Waals surface area (Å²) in [6, 6.07) is 0.564. The largest absolute Gasteiger partial charge is 0.376 e. The van der Waals surface area contributed by atoms with E-state index in [4.69, 9.17) is 4.74 Å². The third kappa shape index (κ3) is 4.97. The Labute approximate surface area is 108 Å². The zero-order valence-corrected chi connectivity index (χ0v) is 12.2. The number of nitrogens with one attached hydrogen (secondary N) is 1. The SMILES string of the molecule is CCCNC(CC(C)CCC)C1OCCC1C. The minimum atomic E-state index is 0.445. The number of rotatable bonds is 8. The van der Waals surface area contributed by atoms with Crippen LogP contribution in [0, 0.1) is 11.8 Å². The molecule has 2 nitrogen and oxygen atoms in total. The first-order valence-corrected chi connectivity index (χ1v) is 7.54. The minimum Gasteiger partial charge on any atom is -0.376 e. The molecule has 17 heavy (non-hydrogen) atoms. The summed E-state index contributed by atoms with van der Waals surface area (Å²) in [5, 5.41) is 3.71. The summed E-state index contributed by atoms with van der Waals surface area (Å²) in [6.45, 7) is 11.3. The van der Waals surface area contributed by atoms with Gasteiger partial charge in [0.25, 0.3) is 0 Å². The maximum absolute atomic E-state index is 5.94. The molecule has 1 aliphatic rings. The molecule has 1 fully saturated rings. The van der Waals surface area contributed by atoms with Gasteiger partial charge in [-0.1, -0.05) is 40.5 Å². The molecule has 102 valence electrons. The molecule has 0 aliphatic carbocycles. The highest BCUT2D eigenvalue weighted by Gasteiger charge is 2.32. The van der Waals surface area contributed by atoms with E-state index >= 15 is 0 Å². The summed E-state index contributed by atoms with van der Waals surface area (Å²) in [7, 11) is 0. The van der Waals surface area contributed by atoms with Crippen LogP contribution in [0.15, 0.2) is 0 Å². The van der Waals surface area contributed by atoms with Crippen LogP contribution in [0.3, 0.4) is 0 Å². The zero-order chi connectivity index (χ0) is 12.7. The third-order valence-corrected chi connectivity index (χ3v) is 3.94. The molecule has 0 amide bonds. The van der Waals surface area contributed by atoms with Crippen molar-refractivity contribution in [3.8, 4) is 0 Å². The van der Waals surface area contributed by atoms with Crippen LogP contribution in [-0.2, 0) is 4.74 Å². The van der Waals surface area contributed by atoms with E-state index in [0.29, 0.717) is 12.1 Å². The van der Waals surface area contributed by atoms with Gasteiger partial charge in [-0.05, 0) is 37.6 Å². The lowest BCUT2D eigenvalue weighted by atomic mass is 9.89. The molecular formula is C15H31NO. The molecule has 0 spiro atoms. The molecule has 0 saturated carbocycles. The molecule has 1 rings (SSSR count). The van der Waals surface area contributed by atoms with Gasteiger partial charge in [0.1, 0.15) is 0 Å². The van der Waals surface area contributed by atoms with Gasteiger partial charge in [-0.2, -0.15) is 0 Å². The van der Waals surface area contributed by atoms with E-state index in [-0.39, 0.29) is 0 Å². The van der Waals surface area contributed by atoms with E-state index in [2.05, 4.69) is 33.0 Å². The standard InChI is InChI=1S/C15H31NO/c1-5-7-12(3)11-14(16-9-6-2)15-13(4)8-10-17-15/h12-16H,5-11H2,1-4H3. The van der Waals surface area contributed by atoms with Gasteiger partial charge in [-0.25, -0.2) is 0 Å². The Morgan fingerprint density at radius 1 is 1.29 bits per heavy atom. The van der Waals surface area contributed by atoms with Gasteiger partial charge in [0.15, 0.2) is 0 Å². The van der Waals surface area contributed by atoms with Crippen molar-refractivity contribution in [2.75, 3.05) is 13.2 Å². The minimum absolute atomic E-state index is 0.445. The van der Waals surface area contributed by atoms with Gasteiger partial charge < -0.3 is 10.1 Å². The Morgan fingerprint density at radius 3 is 2.59 bits per heavy atom. The van der Waals surface area contributed by atoms with Gasteiger partial charge >= 0.3 is 0 Å². The Kier molecular flexibility index (Phi) is 7.14. The fourth-order valence-electron chi connectivity index (χ4n) is 2.94. The van der Waals surface area contributed by atoms with Crippen LogP contribution in [0.25, 0.3) is 0 Å². The predicted molar refractivity (Wildman–Crippen MR) is 74.3 cm³/mol. The van der Waals surface area contributed by atoms with E-state index in [0.717, 1.165) is 25.0 Å². The van der Waals surface area contributed by atoms with Gasteiger partial charge in [-0.3, -0.25) is 0 Å². The Balaban J connectivity index is 2.46. The van der Waals surface area contributed by atoms with Crippen LogP contribution in [0.5, 0.6) is 0 Å². The lowest BCUT2D eigenvalue weighted by Gasteiger charge is -2.29. The van der Waals surface area contributed by atoms with Crippen molar-refractivity contribution >= 4 is 0 Å². The van der Waals surface area contributed by atoms with E-state index < -0.39 is 0 Å². The van der Waals surface area contributed by atoms with Crippen molar-refractivity contribution in [2.45, 2.75) is 71.9 Å². The second kappa shape index (κ2) is 8.10. The molecule has 0 aromatic heterocycles. The molecule has 1 saturated heterocycles. The smallest absolute Gasteiger partial charge is 0.0754 e. The molecule has 0 aromatic carbocycles. The van der Waals surface area contributed by atoms with Crippen molar-refractivity contribution < 1.29 is 4.74 Å². The summed E-state index contributed by atoms with van der Waals surface area (Å²) >= 11 is 0. The van der Waals surface area contributed by atoms with Crippen molar-refractivity contribution in [1.82, 2.24) is 5.32 Å². The highest BCUT2D eigenvalue weighted by atomic mass is 16.5. The van der Waals surface area contributed by atoms with Crippen molar-refractivity contribution in [1.29, 1.82) is 0 Å². The van der Waals surface area contributed by atoms with E-state index in [9.17, 15) is 0 Å². The van der Waals surface area contributed by atoms with Crippen LogP contribution in [-0.4, -0.2) is 25.3 Å². The van der Waals surface area contributed by atoms with Gasteiger partial charge in [0, 0.05) is 12.6 Å². The molecule has 2 heteroatoms. The Hall–Kier alpha value is -0.0800. The monoisotopic (exact) mass is 241 g/mol. The summed E-state index contributed by atoms with van der Waals surface area (Å²) in [4.78, 5) is 0. The fraction of sp³-hybridized carbons (Fsp3) is 1.00. The van der Waals surface area contributed by atoms with Crippen LogP contribution in [0.2, 0.25) is 0 Å². The highest BCUT2D eigenvalue weighted by Crippen LogP contribution is 2.27. The van der Waals surface area contributed by atoms with Gasteiger partial charge in [0.05, 0.1) is 6.10 Å². The van der Waals surface area contributed by atoms with Crippen LogP contribution in [0.4, 0.5) is 0 Å². The highest BCUT2D eigenvalue weighted by molar-refractivity contribution is 4.85. The van der Waals surface area contributed by atoms with Crippen LogP contribution in [0.1, 0.15) is 59.8 Å².